The smallest absolute Gasteiger partial charge is 0.122 e. The fourth-order valence-electron chi connectivity index (χ4n) is 1.77. The van der Waals surface area contributed by atoms with Crippen LogP contribution in [0.4, 0.5) is 0 Å². The van der Waals surface area contributed by atoms with Gasteiger partial charge in [-0.15, -0.1) is 0 Å². The van der Waals surface area contributed by atoms with Gasteiger partial charge in [0.25, 0.3) is 0 Å². The van der Waals surface area contributed by atoms with Crippen molar-refractivity contribution in [1.82, 2.24) is 9.78 Å². The topological polar surface area (TPSA) is 67.7 Å². The summed E-state index contributed by atoms with van der Waals surface area (Å²) in [6.07, 6.45) is 1.97. The zero-order valence-electron chi connectivity index (χ0n) is 10.1. The number of aromatic nitrogens is 2. The van der Waals surface area contributed by atoms with Crippen molar-refractivity contribution in [2.75, 3.05) is 0 Å². The van der Waals surface area contributed by atoms with Crippen molar-refractivity contribution in [3.63, 3.8) is 0 Å². The van der Waals surface area contributed by atoms with Gasteiger partial charge in [0.15, 0.2) is 0 Å². The van der Waals surface area contributed by atoms with Crippen LogP contribution in [0.3, 0.4) is 0 Å². The molecule has 0 bridgehead atoms. The Morgan fingerprint density at radius 3 is 2.65 bits per heavy atom. The first kappa shape index (κ1) is 11.4. The Kier molecular flexibility index (Phi) is 2.95. The number of hydrogen-bond donors (Lipinski definition) is 2. The van der Waals surface area contributed by atoms with E-state index < -0.39 is 0 Å². The molecule has 0 fully saturated rings. The Hall–Kier alpha value is -2.10. The van der Waals surface area contributed by atoms with Crippen LogP contribution < -0.4 is 5.73 Å². The molecule has 1 aromatic carbocycles. The van der Waals surface area contributed by atoms with Crippen LogP contribution >= 0.6 is 0 Å². The molecule has 1 heterocycles. The Morgan fingerprint density at radius 2 is 2.12 bits per heavy atom. The SMILES string of the molecule is Cc1ccn(Cc2ccc(C(=N)N)cc2C)n1. The lowest BCUT2D eigenvalue weighted by Crippen LogP contribution is -2.12. The van der Waals surface area contributed by atoms with E-state index in [0.29, 0.717) is 0 Å². The molecule has 1 aromatic heterocycles. The zero-order valence-corrected chi connectivity index (χ0v) is 10.1. The second-order valence-corrected chi connectivity index (χ2v) is 4.21. The molecular formula is C13H16N4. The molecule has 2 rings (SSSR count). The zero-order chi connectivity index (χ0) is 12.4. The molecular weight excluding hydrogens is 212 g/mol. The predicted octanol–water partition coefficient (Wildman–Crippen LogP) is 1.83. The molecule has 3 N–H and O–H groups in total. The lowest BCUT2D eigenvalue weighted by molar-refractivity contribution is 0.677. The summed E-state index contributed by atoms with van der Waals surface area (Å²) in [6.45, 7) is 4.75. The van der Waals surface area contributed by atoms with Gasteiger partial charge in [-0.1, -0.05) is 12.1 Å². The average Bonchev–Trinajstić information content (AvgIpc) is 2.67. The number of nitrogens with two attached hydrogens (primary N) is 1. The van der Waals surface area contributed by atoms with Crippen molar-refractivity contribution in [3.05, 3.63) is 52.8 Å². The first-order valence-electron chi connectivity index (χ1n) is 5.50. The summed E-state index contributed by atoms with van der Waals surface area (Å²) in [5.41, 5.74) is 9.56. The van der Waals surface area contributed by atoms with Crippen LogP contribution in [-0.4, -0.2) is 15.6 Å². The van der Waals surface area contributed by atoms with Crippen molar-refractivity contribution >= 4 is 5.84 Å². The highest BCUT2D eigenvalue weighted by Crippen LogP contribution is 2.12. The maximum atomic E-state index is 7.39. The first-order valence-corrected chi connectivity index (χ1v) is 5.50. The van der Waals surface area contributed by atoms with Gasteiger partial charge in [-0.3, -0.25) is 10.1 Å². The van der Waals surface area contributed by atoms with E-state index >= 15 is 0 Å². The van der Waals surface area contributed by atoms with Crippen molar-refractivity contribution in [1.29, 1.82) is 5.41 Å². The minimum Gasteiger partial charge on any atom is -0.384 e. The van der Waals surface area contributed by atoms with E-state index in [1.807, 2.05) is 49.0 Å². The number of nitrogens with one attached hydrogen (secondary N) is 1. The lowest BCUT2D eigenvalue weighted by atomic mass is 10.0. The number of benzene rings is 1. The Morgan fingerprint density at radius 1 is 1.35 bits per heavy atom. The molecule has 0 spiro atoms. The maximum absolute atomic E-state index is 7.39. The van der Waals surface area contributed by atoms with Gasteiger partial charge in [0.05, 0.1) is 12.2 Å². The van der Waals surface area contributed by atoms with E-state index in [-0.39, 0.29) is 5.84 Å². The number of hydrogen-bond acceptors (Lipinski definition) is 2. The van der Waals surface area contributed by atoms with E-state index in [0.717, 1.165) is 23.4 Å². The van der Waals surface area contributed by atoms with Gasteiger partial charge in [-0.25, -0.2) is 0 Å². The van der Waals surface area contributed by atoms with Crippen molar-refractivity contribution in [3.8, 4) is 0 Å². The molecule has 0 aliphatic heterocycles. The molecule has 4 heteroatoms. The van der Waals surface area contributed by atoms with Gasteiger partial charge in [-0.05, 0) is 37.1 Å². The highest BCUT2D eigenvalue weighted by atomic mass is 15.3. The van der Waals surface area contributed by atoms with Gasteiger partial charge in [0.1, 0.15) is 5.84 Å². The monoisotopic (exact) mass is 228 g/mol. The quantitative estimate of drug-likeness (QED) is 0.621. The largest absolute Gasteiger partial charge is 0.384 e. The summed E-state index contributed by atoms with van der Waals surface area (Å²) in [6, 6.07) is 7.80. The highest BCUT2D eigenvalue weighted by Gasteiger charge is 2.03. The van der Waals surface area contributed by atoms with Crippen molar-refractivity contribution in [2.24, 2.45) is 5.73 Å². The first-order chi connectivity index (χ1) is 8.06. The standard InChI is InChI=1S/C13H16N4/c1-9-7-11(13(14)15)3-4-12(9)8-17-6-5-10(2)16-17/h3-7H,8H2,1-2H3,(H3,14,15). The summed E-state index contributed by atoms with van der Waals surface area (Å²) < 4.78 is 1.91. The second kappa shape index (κ2) is 4.41. The number of rotatable bonds is 3. The van der Waals surface area contributed by atoms with Crippen LogP contribution in [0.25, 0.3) is 0 Å². The lowest BCUT2D eigenvalue weighted by Gasteiger charge is -2.08. The fourth-order valence-corrected chi connectivity index (χ4v) is 1.77. The molecule has 0 aliphatic carbocycles. The molecule has 17 heavy (non-hydrogen) atoms. The van der Waals surface area contributed by atoms with E-state index in [2.05, 4.69) is 5.10 Å². The van der Waals surface area contributed by atoms with Crippen molar-refractivity contribution in [2.45, 2.75) is 20.4 Å². The molecule has 0 aliphatic rings. The fraction of sp³-hybridized carbons (Fsp3) is 0.231. The van der Waals surface area contributed by atoms with E-state index in [1.165, 1.54) is 5.56 Å². The molecule has 4 nitrogen and oxygen atoms in total. The summed E-state index contributed by atoms with van der Waals surface area (Å²) >= 11 is 0. The number of nitrogen functional groups attached to an aromatic ring is 1. The van der Waals surface area contributed by atoms with E-state index in [1.54, 1.807) is 0 Å². The Balaban J connectivity index is 2.25. The number of nitrogens with zero attached hydrogens (tertiary/aromatic N) is 2. The maximum Gasteiger partial charge on any atom is 0.122 e. The van der Waals surface area contributed by atoms with E-state index in [9.17, 15) is 0 Å². The molecule has 0 saturated heterocycles. The molecule has 0 radical (unpaired) electrons. The van der Waals surface area contributed by atoms with Gasteiger partial charge in [0.2, 0.25) is 0 Å². The average molecular weight is 228 g/mol. The van der Waals surface area contributed by atoms with Crippen LogP contribution in [0.1, 0.15) is 22.4 Å². The number of amidine groups is 1. The summed E-state index contributed by atoms with van der Waals surface area (Å²) in [5, 5.41) is 11.7. The normalized spacial score (nSPS) is 10.5. The Labute approximate surface area is 101 Å². The molecule has 2 aromatic rings. The van der Waals surface area contributed by atoms with Gasteiger partial charge >= 0.3 is 0 Å². The summed E-state index contributed by atoms with van der Waals surface area (Å²) in [4.78, 5) is 0. The van der Waals surface area contributed by atoms with Crippen LogP contribution in [0.15, 0.2) is 30.5 Å². The summed E-state index contributed by atoms with van der Waals surface area (Å²) in [7, 11) is 0. The third kappa shape index (κ3) is 2.53. The third-order valence-electron chi connectivity index (χ3n) is 2.76. The number of aryl methyl sites for hydroxylation is 2. The Bertz CT molecular complexity index is 554. The van der Waals surface area contributed by atoms with Crippen molar-refractivity contribution < 1.29 is 0 Å². The van der Waals surface area contributed by atoms with Crippen LogP contribution in [0.5, 0.6) is 0 Å². The molecule has 0 saturated carbocycles. The second-order valence-electron chi connectivity index (χ2n) is 4.21. The van der Waals surface area contributed by atoms with Crippen LogP contribution in [-0.2, 0) is 6.54 Å². The summed E-state index contributed by atoms with van der Waals surface area (Å²) in [5.74, 6) is 0.106. The minimum absolute atomic E-state index is 0.106. The van der Waals surface area contributed by atoms with Crippen LogP contribution in [0, 0.1) is 19.3 Å². The molecule has 0 unspecified atom stereocenters. The molecule has 88 valence electrons. The molecule has 0 atom stereocenters. The highest BCUT2D eigenvalue weighted by molar-refractivity contribution is 5.95. The van der Waals surface area contributed by atoms with E-state index in [4.69, 9.17) is 11.1 Å². The van der Waals surface area contributed by atoms with Gasteiger partial charge in [-0.2, -0.15) is 5.10 Å². The van der Waals surface area contributed by atoms with Gasteiger partial charge in [0, 0.05) is 11.8 Å². The third-order valence-corrected chi connectivity index (χ3v) is 2.76. The van der Waals surface area contributed by atoms with Crippen LogP contribution in [0.2, 0.25) is 0 Å². The minimum atomic E-state index is 0.106. The predicted molar refractivity (Wildman–Crippen MR) is 68.3 cm³/mol. The molecule has 0 amide bonds. The van der Waals surface area contributed by atoms with Gasteiger partial charge < -0.3 is 5.73 Å².